The van der Waals surface area contributed by atoms with Crippen LogP contribution >= 0.6 is 0 Å². The Morgan fingerprint density at radius 2 is 2.21 bits per heavy atom. The van der Waals surface area contributed by atoms with Crippen molar-refractivity contribution in [3.05, 3.63) is 41.2 Å². The molecule has 1 aromatic heterocycles. The van der Waals surface area contributed by atoms with Crippen molar-refractivity contribution < 1.29 is 0 Å². The maximum atomic E-state index is 4.31. The fourth-order valence-electron chi connectivity index (χ4n) is 1.08. The smallest absolute Gasteiger partial charge is 0.0541 e. The molecular weight excluding hydrogens is 172 g/mol. The molecule has 0 aliphatic heterocycles. The van der Waals surface area contributed by atoms with Gasteiger partial charge in [-0.25, -0.2) is 0 Å². The number of rotatable bonds is 4. The lowest BCUT2D eigenvalue weighted by Gasteiger charge is -2.01. The maximum absolute atomic E-state index is 4.31. The Kier molecular flexibility index (Phi) is 4.33. The molecule has 0 fully saturated rings. The van der Waals surface area contributed by atoms with Crippen molar-refractivity contribution in [2.75, 3.05) is 6.54 Å². The quantitative estimate of drug-likeness (QED) is 0.582. The summed E-state index contributed by atoms with van der Waals surface area (Å²) in [5, 5.41) is 3.31. The van der Waals surface area contributed by atoms with E-state index in [-0.39, 0.29) is 0 Å². The van der Waals surface area contributed by atoms with Gasteiger partial charge in [0.15, 0.2) is 0 Å². The predicted octanol–water partition coefficient (Wildman–Crippen LogP) is 2.45. The van der Waals surface area contributed by atoms with Crippen molar-refractivity contribution in [1.29, 1.82) is 0 Å². The average molecular weight is 190 g/mol. The molecule has 1 N–H and O–H groups in total. The summed E-state index contributed by atoms with van der Waals surface area (Å²) in [6.07, 6.45) is 4.08. The Bertz CT molecular complexity index is 295. The highest BCUT2D eigenvalue weighted by Gasteiger charge is 1.91. The van der Waals surface area contributed by atoms with Crippen LogP contribution in [0.4, 0.5) is 0 Å². The van der Waals surface area contributed by atoms with Crippen molar-refractivity contribution in [3.63, 3.8) is 0 Å². The molecule has 0 bridgehead atoms. The number of nitrogens with one attached hydrogen (secondary N) is 1. The van der Waals surface area contributed by atoms with Gasteiger partial charge in [0.05, 0.1) is 5.69 Å². The molecule has 0 spiro atoms. The van der Waals surface area contributed by atoms with E-state index in [4.69, 9.17) is 0 Å². The van der Waals surface area contributed by atoms with Gasteiger partial charge in [-0.15, -0.1) is 0 Å². The molecule has 0 saturated carbocycles. The van der Waals surface area contributed by atoms with Gasteiger partial charge < -0.3 is 5.32 Å². The first-order chi connectivity index (χ1) is 6.68. The molecule has 0 saturated heterocycles. The molecule has 2 nitrogen and oxygen atoms in total. The van der Waals surface area contributed by atoms with Gasteiger partial charge in [-0.1, -0.05) is 17.7 Å². The molecule has 14 heavy (non-hydrogen) atoms. The normalized spacial score (nSPS) is 9.93. The first-order valence-corrected chi connectivity index (χ1v) is 4.94. The minimum atomic E-state index is 0.837. The van der Waals surface area contributed by atoms with E-state index in [1.165, 1.54) is 11.1 Å². The monoisotopic (exact) mass is 190 g/mol. The van der Waals surface area contributed by atoms with Crippen LogP contribution in [0.2, 0.25) is 0 Å². The number of aryl methyl sites for hydroxylation is 1. The van der Waals surface area contributed by atoms with Gasteiger partial charge in [0.25, 0.3) is 0 Å². The molecule has 0 atom stereocenters. The number of allylic oxidation sites excluding steroid dienone is 1. The second-order valence-electron chi connectivity index (χ2n) is 3.74. The van der Waals surface area contributed by atoms with Gasteiger partial charge in [0.2, 0.25) is 0 Å². The number of pyridine rings is 1. The Morgan fingerprint density at radius 1 is 1.43 bits per heavy atom. The van der Waals surface area contributed by atoms with E-state index < -0.39 is 0 Å². The Balaban J connectivity index is 2.32. The van der Waals surface area contributed by atoms with Gasteiger partial charge in [0.1, 0.15) is 0 Å². The average Bonchev–Trinajstić information content (AvgIpc) is 2.15. The van der Waals surface area contributed by atoms with Gasteiger partial charge >= 0.3 is 0 Å². The lowest BCUT2D eigenvalue weighted by atomic mass is 10.2. The zero-order valence-electron chi connectivity index (χ0n) is 9.17. The Labute approximate surface area is 86.1 Å². The lowest BCUT2D eigenvalue weighted by molar-refractivity contribution is 0.737. The molecule has 0 aliphatic rings. The van der Waals surface area contributed by atoms with Crippen LogP contribution in [0, 0.1) is 6.92 Å². The predicted molar refractivity (Wildman–Crippen MR) is 60.1 cm³/mol. The second kappa shape index (κ2) is 5.55. The van der Waals surface area contributed by atoms with Crippen LogP contribution in [-0.4, -0.2) is 11.5 Å². The molecule has 2 heteroatoms. The van der Waals surface area contributed by atoms with Crippen LogP contribution in [-0.2, 0) is 6.54 Å². The van der Waals surface area contributed by atoms with E-state index in [1.807, 2.05) is 13.1 Å². The fraction of sp³-hybridized carbons (Fsp3) is 0.417. The van der Waals surface area contributed by atoms with E-state index in [0.29, 0.717) is 0 Å². The van der Waals surface area contributed by atoms with Crippen LogP contribution < -0.4 is 5.32 Å². The summed E-state index contributed by atoms with van der Waals surface area (Å²) in [7, 11) is 0. The van der Waals surface area contributed by atoms with Crippen LogP contribution in [0.3, 0.4) is 0 Å². The SMILES string of the molecule is CC(C)=CCNCc1ccc(C)cn1. The molecule has 0 radical (unpaired) electrons. The van der Waals surface area contributed by atoms with Crippen molar-refractivity contribution in [1.82, 2.24) is 10.3 Å². The summed E-state index contributed by atoms with van der Waals surface area (Å²) < 4.78 is 0. The Hall–Kier alpha value is -1.15. The van der Waals surface area contributed by atoms with Gasteiger partial charge in [0, 0.05) is 19.3 Å². The highest BCUT2D eigenvalue weighted by molar-refractivity contribution is 5.12. The Morgan fingerprint density at radius 3 is 2.79 bits per heavy atom. The second-order valence-corrected chi connectivity index (χ2v) is 3.74. The zero-order chi connectivity index (χ0) is 10.4. The molecule has 1 aromatic rings. The molecular formula is C12H18N2. The van der Waals surface area contributed by atoms with E-state index >= 15 is 0 Å². The van der Waals surface area contributed by atoms with Gasteiger partial charge in [-0.2, -0.15) is 0 Å². The minimum absolute atomic E-state index is 0.837. The topological polar surface area (TPSA) is 24.9 Å². The van der Waals surface area contributed by atoms with Gasteiger partial charge in [-0.05, 0) is 32.4 Å². The number of aromatic nitrogens is 1. The highest BCUT2D eigenvalue weighted by Crippen LogP contribution is 1.97. The third-order valence-electron chi connectivity index (χ3n) is 1.93. The maximum Gasteiger partial charge on any atom is 0.0541 e. The van der Waals surface area contributed by atoms with Crippen LogP contribution in [0.5, 0.6) is 0 Å². The largest absolute Gasteiger partial charge is 0.308 e. The van der Waals surface area contributed by atoms with Crippen molar-refractivity contribution >= 4 is 0 Å². The van der Waals surface area contributed by atoms with Crippen LogP contribution in [0.15, 0.2) is 30.0 Å². The van der Waals surface area contributed by atoms with Crippen molar-refractivity contribution in [2.45, 2.75) is 27.3 Å². The highest BCUT2D eigenvalue weighted by atomic mass is 14.9. The van der Waals surface area contributed by atoms with Crippen molar-refractivity contribution in [3.8, 4) is 0 Å². The first-order valence-electron chi connectivity index (χ1n) is 4.94. The standard InChI is InChI=1S/C12H18N2/c1-10(2)6-7-13-9-12-5-4-11(3)8-14-12/h4-6,8,13H,7,9H2,1-3H3. The number of hydrogen-bond acceptors (Lipinski definition) is 2. The lowest BCUT2D eigenvalue weighted by Crippen LogP contribution is -2.14. The van der Waals surface area contributed by atoms with Gasteiger partial charge in [-0.3, -0.25) is 4.98 Å². The van der Waals surface area contributed by atoms with E-state index in [0.717, 1.165) is 18.8 Å². The molecule has 1 heterocycles. The molecule has 0 amide bonds. The summed E-state index contributed by atoms with van der Waals surface area (Å²) in [6, 6.07) is 4.15. The van der Waals surface area contributed by atoms with Crippen LogP contribution in [0.1, 0.15) is 25.1 Å². The van der Waals surface area contributed by atoms with E-state index in [9.17, 15) is 0 Å². The summed E-state index contributed by atoms with van der Waals surface area (Å²) >= 11 is 0. The van der Waals surface area contributed by atoms with E-state index in [2.05, 4.69) is 42.4 Å². The summed E-state index contributed by atoms with van der Waals surface area (Å²) in [5.41, 5.74) is 3.64. The number of hydrogen-bond donors (Lipinski definition) is 1. The molecule has 0 unspecified atom stereocenters. The minimum Gasteiger partial charge on any atom is -0.308 e. The third-order valence-corrected chi connectivity index (χ3v) is 1.93. The summed E-state index contributed by atoms with van der Waals surface area (Å²) in [5.74, 6) is 0. The third kappa shape index (κ3) is 4.19. The summed E-state index contributed by atoms with van der Waals surface area (Å²) in [6.45, 7) is 8.01. The summed E-state index contributed by atoms with van der Waals surface area (Å²) in [4.78, 5) is 4.31. The molecule has 0 aromatic carbocycles. The molecule has 1 rings (SSSR count). The molecule has 0 aliphatic carbocycles. The number of nitrogens with zero attached hydrogens (tertiary/aromatic N) is 1. The first kappa shape index (κ1) is 10.9. The van der Waals surface area contributed by atoms with Crippen molar-refractivity contribution in [2.24, 2.45) is 0 Å². The molecule has 76 valence electrons. The fourth-order valence-corrected chi connectivity index (χ4v) is 1.08. The zero-order valence-corrected chi connectivity index (χ0v) is 9.17. The van der Waals surface area contributed by atoms with E-state index in [1.54, 1.807) is 0 Å². The van der Waals surface area contributed by atoms with Crippen LogP contribution in [0.25, 0.3) is 0 Å².